The first-order valence-electron chi connectivity index (χ1n) is 8.69. The molecule has 146 valence electrons. The number of anilines is 1. The molecule has 1 aliphatic rings. The van der Waals surface area contributed by atoms with Crippen LogP contribution in [-0.4, -0.2) is 38.4 Å². The molecule has 0 fully saturated rings. The molecule has 2 aromatic rings. The summed E-state index contributed by atoms with van der Waals surface area (Å²) in [7, 11) is -3.59. The van der Waals surface area contributed by atoms with E-state index < -0.39 is 33.9 Å². The van der Waals surface area contributed by atoms with Gasteiger partial charge in [0.05, 0.1) is 23.0 Å². The van der Waals surface area contributed by atoms with Gasteiger partial charge >= 0.3 is 5.97 Å². The number of carbonyl (C=O) groups is 3. The normalized spacial score (nSPS) is 15.6. The number of amides is 1. The third kappa shape index (κ3) is 4.28. The molecule has 0 aliphatic carbocycles. The van der Waals surface area contributed by atoms with Gasteiger partial charge in [-0.1, -0.05) is 18.2 Å². The Morgan fingerprint density at radius 2 is 1.82 bits per heavy atom. The van der Waals surface area contributed by atoms with Crippen LogP contribution in [0, 0.1) is 0 Å². The summed E-state index contributed by atoms with van der Waals surface area (Å²) in [6.45, 7) is 1.25. The zero-order chi connectivity index (χ0) is 20.3. The standard InChI is InChI=1S/C20H19NO6S/c1-13-16-11-14(7-8-17(16)21-20(13)24)18(22)12-27-19(23)9-10-28(25,26)15-5-3-2-4-6-15/h2-8,11,13H,9-10,12H2,1H3,(H,21,24)/t13-/m1/s1. The van der Waals surface area contributed by atoms with E-state index in [1.165, 1.54) is 12.1 Å². The van der Waals surface area contributed by atoms with Gasteiger partial charge < -0.3 is 10.1 Å². The molecule has 8 heteroatoms. The van der Waals surface area contributed by atoms with E-state index in [4.69, 9.17) is 4.74 Å². The van der Waals surface area contributed by atoms with Gasteiger partial charge in [0.1, 0.15) is 0 Å². The van der Waals surface area contributed by atoms with Crippen molar-refractivity contribution in [3.05, 3.63) is 59.7 Å². The lowest BCUT2D eigenvalue weighted by molar-refractivity contribution is -0.142. The van der Waals surface area contributed by atoms with Crippen LogP contribution in [0.25, 0.3) is 0 Å². The summed E-state index contributed by atoms with van der Waals surface area (Å²) >= 11 is 0. The van der Waals surface area contributed by atoms with Crippen LogP contribution in [0.5, 0.6) is 0 Å². The smallest absolute Gasteiger partial charge is 0.307 e. The molecule has 0 bridgehead atoms. The fourth-order valence-corrected chi connectivity index (χ4v) is 4.10. The molecule has 0 unspecified atom stereocenters. The minimum absolute atomic E-state index is 0.134. The molecule has 0 aromatic heterocycles. The molecule has 3 rings (SSSR count). The molecule has 28 heavy (non-hydrogen) atoms. The van der Waals surface area contributed by atoms with Crippen LogP contribution in [0.3, 0.4) is 0 Å². The summed E-state index contributed by atoms with van der Waals surface area (Å²) in [5.41, 5.74) is 1.71. The van der Waals surface area contributed by atoms with Crippen molar-refractivity contribution in [3.63, 3.8) is 0 Å². The van der Waals surface area contributed by atoms with E-state index in [1.807, 2.05) is 0 Å². The van der Waals surface area contributed by atoms with Crippen molar-refractivity contribution in [2.45, 2.75) is 24.2 Å². The van der Waals surface area contributed by atoms with Crippen molar-refractivity contribution in [3.8, 4) is 0 Å². The first kappa shape index (κ1) is 19.8. The minimum atomic E-state index is -3.59. The lowest BCUT2D eigenvalue weighted by Gasteiger charge is -2.07. The quantitative estimate of drug-likeness (QED) is 0.564. The number of sulfone groups is 1. The number of benzene rings is 2. The lowest BCUT2D eigenvalue weighted by Crippen LogP contribution is -2.17. The highest BCUT2D eigenvalue weighted by molar-refractivity contribution is 7.91. The molecule has 0 spiro atoms. The van der Waals surface area contributed by atoms with E-state index in [0.29, 0.717) is 11.3 Å². The van der Waals surface area contributed by atoms with Crippen LogP contribution in [0.1, 0.15) is 35.2 Å². The summed E-state index contributed by atoms with van der Waals surface area (Å²) in [6.07, 6.45) is -0.343. The first-order chi connectivity index (χ1) is 13.3. The number of ketones is 1. The van der Waals surface area contributed by atoms with Gasteiger partial charge in [-0.15, -0.1) is 0 Å². The maximum absolute atomic E-state index is 12.3. The number of hydrogen-bond donors (Lipinski definition) is 1. The van der Waals surface area contributed by atoms with Crippen molar-refractivity contribution < 1.29 is 27.5 Å². The van der Waals surface area contributed by atoms with E-state index in [9.17, 15) is 22.8 Å². The van der Waals surface area contributed by atoms with E-state index in [2.05, 4.69) is 5.32 Å². The van der Waals surface area contributed by atoms with Gasteiger partial charge in [-0.3, -0.25) is 14.4 Å². The average Bonchev–Trinajstić information content (AvgIpc) is 2.98. The molecule has 1 atom stereocenters. The van der Waals surface area contributed by atoms with Crippen LogP contribution in [-0.2, 0) is 24.2 Å². The maximum atomic E-state index is 12.3. The van der Waals surface area contributed by atoms with Gasteiger partial charge in [-0.05, 0) is 42.8 Å². The number of ether oxygens (including phenoxy) is 1. The summed E-state index contributed by atoms with van der Waals surface area (Å²) in [5, 5.41) is 2.72. The molecule has 2 aromatic carbocycles. The summed E-state index contributed by atoms with van der Waals surface area (Å²) in [4.78, 5) is 35.9. The molecule has 0 radical (unpaired) electrons. The zero-order valence-corrected chi connectivity index (χ0v) is 16.0. The van der Waals surface area contributed by atoms with Crippen molar-refractivity contribution >= 4 is 33.2 Å². The third-order valence-corrected chi connectivity index (χ3v) is 6.26. The molecular formula is C20H19NO6S. The number of rotatable bonds is 7. The van der Waals surface area contributed by atoms with Gasteiger partial charge in [0.25, 0.3) is 0 Å². The predicted octanol–water partition coefficient (Wildman–Crippen LogP) is 2.33. The van der Waals surface area contributed by atoms with E-state index >= 15 is 0 Å². The lowest BCUT2D eigenvalue weighted by atomic mass is 9.99. The zero-order valence-electron chi connectivity index (χ0n) is 15.2. The highest BCUT2D eigenvalue weighted by Crippen LogP contribution is 2.32. The summed E-state index contributed by atoms with van der Waals surface area (Å²) in [6, 6.07) is 12.6. The highest BCUT2D eigenvalue weighted by Gasteiger charge is 2.27. The van der Waals surface area contributed by atoms with Crippen molar-refractivity contribution in [1.82, 2.24) is 0 Å². The number of Topliss-reactive ketones (excluding diaryl/α,β-unsaturated/α-hetero) is 1. The van der Waals surface area contributed by atoms with Crippen LogP contribution >= 0.6 is 0 Å². The van der Waals surface area contributed by atoms with Gasteiger partial charge in [0, 0.05) is 11.3 Å². The monoisotopic (exact) mass is 401 g/mol. The van der Waals surface area contributed by atoms with Crippen molar-refractivity contribution in [2.75, 3.05) is 17.7 Å². The third-order valence-electron chi connectivity index (χ3n) is 4.53. The van der Waals surface area contributed by atoms with E-state index in [0.717, 1.165) is 5.56 Å². The fourth-order valence-electron chi connectivity index (χ4n) is 2.86. The largest absolute Gasteiger partial charge is 0.457 e. The molecule has 0 saturated carbocycles. The molecule has 0 saturated heterocycles. The number of hydrogen-bond acceptors (Lipinski definition) is 6. The van der Waals surface area contributed by atoms with Crippen LogP contribution < -0.4 is 5.32 Å². The molecule has 1 amide bonds. The first-order valence-corrected chi connectivity index (χ1v) is 10.3. The topological polar surface area (TPSA) is 107 Å². The maximum Gasteiger partial charge on any atom is 0.307 e. The van der Waals surface area contributed by atoms with Crippen LogP contribution in [0.2, 0.25) is 0 Å². The molecule has 1 aliphatic heterocycles. The predicted molar refractivity (Wildman–Crippen MR) is 102 cm³/mol. The van der Waals surface area contributed by atoms with Gasteiger partial charge in [-0.25, -0.2) is 8.42 Å². The summed E-state index contributed by atoms with van der Waals surface area (Å²) < 4.78 is 29.2. The average molecular weight is 401 g/mol. The van der Waals surface area contributed by atoms with Crippen molar-refractivity contribution in [1.29, 1.82) is 0 Å². The Kier molecular flexibility index (Phi) is 5.60. The van der Waals surface area contributed by atoms with Gasteiger partial charge in [0.15, 0.2) is 22.2 Å². The van der Waals surface area contributed by atoms with Gasteiger partial charge in [-0.2, -0.15) is 0 Å². The van der Waals surface area contributed by atoms with E-state index in [-0.39, 0.29) is 23.1 Å². The van der Waals surface area contributed by atoms with E-state index in [1.54, 1.807) is 43.3 Å². The highest BCUT2D eigenvalue weighted by atomic mass is 32.2. The Hall–Kier alpha value is -3.00. The summed E-state index contributed by atoms with van der Waals surface area (Å²) in [5.74, 6) is -2.07. The number of fused-ring (bicyclic) bond motifs is 1. The van der Waals surface area contributed by atoms with Gasteiger partial charge in [0.2, 0.25) is 5.91 Å². The molecular weight excluding hydrogens is 382 g/mol. The fraction of sp³-hybridized carbons (Fsp3) is 0.250. The molecule has 1 N–H and O–H groups in total. The van der Waals surface area contributed by atoms with Crippen LogP contribution in [0.4, 0.5) is 5.69 Å². The molecule has 1 heterocycles. The Labute approximate surface area is 162 Å². The number of nitrogens with one attached hydrogen (secondary N) is 1. The Morgan fingerprint density at radius 3 is 2.54 bits per heavy atom. The Balaban J connectivity index is 1.54. The second kappa shape index (κ2) is 7.93. The SMILES string of the molecule is C[C@H]1C(=O)Nc2ccc(C(=O)COC(=O)CCS(=O)(=O)c3ccccc3)cc21. The Bertz CT molecular complexity index is 1030. The molecule has 7 nitrogen and oxygen atoms in total. The van der Waals surface area contributed by atoms with Crippen molar-refractivity contribution in [2.24, 2.45) is 0 Å². The Morgan fingerprint density at radius 1 is 1.11 bits per heavy atom. The minimum Gasteiger partial charge on any atom is -0.457 e. The second-order valence-electron chi connectivity index (χ2n) is 6.48. The number of esters is 1. The van der Waals surface area contributed by atoms with Crippen LogP contribution in [0.15, 0.2) is 53.4 Å². The second-order valence-corrected chi connectivity index (χ2v) is 8.59. The number of carbonyl (C=O) groups excluding carboxylic acids is 3.